The molecule has 0 saturated carbocycles. The number of hydrogen-bond acceptors (Lipinski definition) is 2. The van der Waals surface area contributed by atoms with Crippen LogP contribution in [0.5, 0.6) is 0 Å². The topological polar surface area (TPSA) is 52.9 Å². The normalized spacial score (nSPS) is 11.4. The average Bonchev–Trinajstić information content (AvgIpc) is 2.48. The molecule has 0 aliphatic heterocycles. The number of carbonyl (C=O) groups excluding carboxylic acids is 1. The maximum atomic E-state index is 12.3. The molecular weight excluding hydrogens is 316 g/mol. The lowest BCUT2D eigenvalue weighted by Crippen LogP contribution is -2.28. The highest BCUT2D eigenvalue weighted by molar-refractivity contribution is 9.10. The lowest BCUT2D eigenvalue weighted by atomic mass is 10.1. The third-order valence-electron chi connectivity index (χ3n) is 2.98. The van der Waals surface area contributed by atoms with E-state index in [-0.39, 0.29) is 5.91 Å². The molecule has 4 heteroatoms. The number of nitriles is 1. The fourth-order valence-electron chi connectivity index (χ4n) is 1.88. The van der Waals surface area contributed by atoms with Crippen LogP contribution in [0, 0.1) is 18.3 Å². The lowest BCUT2D eigenvalue weighted by Gasteiger charge is -2.13. The summed E-state index contributed by atoms with van der Waals surface area (Å²) in [6, 6.07) is 16.2. The van der Waals surface area contributed by atoms with Gasteiger partial charge in [-0.1, -0.05) is 52.3 Å². The summed E-state index contributed by atoms with van der Waals surface area (Å²) in [5, 5.41) is 12.0. The molecule has 100 valence electrons. The number of amides is 1. The zero-order valence-electron chi connectivity index (χ0n) is 10.9. The second kappa shape index (κ2) is 6.36. The molecule has 0 bridgehead atoms. The Labute approximate surface area is 126 Å². The number of carbonyl (C=O) groups is 1. The van der Waals surface area contributed by atoms with E-state index in [9.17, 15) is 10.1 Å². The molecule has 0 saturated heterocycles. The van der Waals surface area contributed by atoms with Crippen LogP contribution in [-0.4, -0.2) is 5.91 Å². The average molecular weight is 329 g/mol. The van der Waals surface area contributed by atoms with Crippen molar-refractivity contribution in [3.05, 3.63) is 69.7 Å². The van der Waals surface area contributed by atoms with Crippen LogP contribution in [0.2, 0.25) is 0 Å². The van der Waals surface area contributed by atoms with Gasteiger partial charge in [-0.2, -0.15) is 5.26 Å². The van der Waals surface area contributed by atoms with Crippen LogP contribution < -0.4 is 5.32 Å². The van der Waals surface area contributed by atoms with Crippen molar-refractivity contribution >= 4 is 21.8 Å². The van der Waals surface area contributed by atoms with Gasteiger partial charge >= 0.3 is 0 Å². The van der Waals surface area contributed by atoms with Crippen molar-refractivity contribution in [2.24, 2.45) is 0 Å². The second-order valence-corrected chi connectivity index (χ2v) is 5.32. The van der Waals surface area contributed by atoms with E-state index in [0.717, 1.165) is 15.6 Å². The van der Waals surface area contributed by atoms with E-state index in [4.69, 9.17) is 0 Å². The highest BCUT2D eigenvalue weighted by atomic mass is 79.9. The van der Waals surface area contributed by atoms with Gasteiger partial charge in [-0.3, -0.25) is 4.79 Å². The summed E-state index contributed by atoms with van der Waals surface area (Å²) in [4.78, 5) is 12.3. The molecule has 2 rings (SSSR count). The van der Waals surface area contributed by atoms with Crippen LogP contribution in [0.25, 0.3) is 0 Å². The van der Waals surface area contributed by atoms with Gasteiger partial charge in [-0.15, -0.1) is 0 Å². The number of halogens is 1. The molecule has 0 radical (unpaired) electrons. The van der Waals surface area contributed by atoms with Crippen LogP contribution in [0.3, 0.4) is 0 Å². The summed E-state index contributed by atoms with van der Waals surface area (Å²) in [6.07, 6.45) is 0. The van der Waals surface area contributed by atoms with E-state index in [1.807, 2.05) is 49.4 Å². The molecule has 1 amide bonds. The van der Waals surface area contributed by atoms with E-state index < -0.39 is 6.04 Å². The highest BCUT2D eigenvalue weighted by Gasteiger charge is 2.16. The molecular formula is C16H13BrN2O. The molecule has 0 aliphatic rings. The first-order valence-corrected chi connectivity index (χ1v) is 6.92. The predicted octanol–water partition coefficient (Wildman–Crippen LogP) is 3.75. The molecule has 3 nitrogen and oxygen atoms in total. The molecule has 1 N–H and O–H groups in total. The standard InChI is InChI=1S/C16H13BrN2O/c1-11-7-8-13(17)9-14(11)16(20)19-15(10-18)12-5-3-2-4-6-12/h2-9,15H,1H3,(H,19,20). The Morgan fingerprint density at radius 2 is 1.95 bits per heavy atom. The van der Waals surface area contributed by atoms with Gasteiger partial charge in [0.15, 0.2) is 0 Å². The summed E-state index contributed by atoms with van der Waals surface area (Å²) < 4.78 is 0.835. The van der Waals surface area contributed by atoms with Crippen LogP contribution in [0.4, 0.5) is 0 Å². The van der Waals surface area contributed by atoms with Crippen molar-refractivity contribution < 1.29 is 4.79 Å². The second-order valence-electron chi connectivity index (χ2n) is 4.41. The molecule has 0 heterocycles. The molecule has 1 unspecified atom stereocenters. The Hall–Kier alpha value is -2.12. The third-order valence-corrected chi connectivity index (χ3v) is 3.47. The van der Waals surface area contributed by atoms with Crippen molar-refractivity contribution in [2.75, 3.05) is 0 Å². The minimum atomic E-state index is -0.651. The first kappa shape index (κ1) is 14.3. The third kappa shape index (κ3) is 3.25. The molecule has 0 fully saturated rings. The van der Waals surface area contributed by atoms with Crippen molar-refractivity contribution in [1.82, 2.24) is 5.32 Å². The van der Waals surface area contributed by atoms with Gasteiger partial charge in [0.05, 0.1) is 6.07 Å². The minimum Gasteiger partial charge on any atom is -0.332 e. The Kier molecular flexibility index (Phi) is 4.54. The van der Waals surface area contributed by atoms with E-state index >= 15 is 0 Å². The monoisotopic (exact) mass is 328 g/mol. The van der Waals surface area contributed by atoms with Gasteiger partial charge in [0.25, 0.3) is 5.91 Å². The number of benzene rings is 2. The Morgan fingerprint density at radius 1 is 1.25 bits per heavy atom. The zero-order chi connectivity index (χ0) is 14.5. The summed E-state index contributed by atoms with van der Waals surface area (Å²) in [5.74, 6) is -0.251. The maximum absolute atomic E-state index is 12.3. The largest absolute Gasteiger partial charge is 0.332 e. The smallest absolute Gasteiger partial charge is 0.252 e. The maximum Gasteiger partial charge on any atom is 0.252 e. The number of nitrogens with zero attached hydrogens (tertiary/aromatic N) is 1. The number of hydrogen-bond donors (Lipinski definition) is 1. The van der Waals surface area contributed by atoms with Gasteiger partial charge in [-0.25, -0.2) is 0 Å². The number of rotatable bonds is 3. The summed E-state index contributed by atoms with van der Waals surface area (Å²) in [7, 11) is 0. The first-order chi connectivity index (χ1) is 9.61. The number of nitrogens with one attached hydrogen (secondary N) is 1. The predicted molar refractivity (Wildman–Crippen MR) is 81.1 cm³/mol. The summed E-state index contributed by atoms with van der Waals surface area (Å²) >= 11 is 3.35. The van der Waals surface area contributed by atoms with Gasteiger partial charge in [0.1, 0.15) is 6.04 Å². The molecule has 2 aromatic rings. The first-order valence-electron chi connectivity index (χ1n) is 6.13. The molecule has 0 spiro atoms. The Balaban J connectivity index is 2.22. The quantitative estimate of drug-likeness (QED) is 0.932. The zero-order valence-corrected chi connectivity index (χ0v) is 12.5. The lowest BCUT2D eigenvalue weighted by molar-refractivity contribution is 0.0944. The SMILES string of the molecule is Cc1ccc(Br)cc1C(=O)NC(C#N)c1ccccc1. The van der Waals surface area contributed by atoms with Gasteiger partial charge in [-0.05, 0) is 30.2 Å². The number of aryl methyl sites for hydroxylation is 1. The van der Waals surface area contributed by atoms with Gasteiger partial charge < -0.3 is 5.32 Å². The van der Waals surface area contributed by atoms with E-state index in [1.165, 1.54) is 0 Å². The van der Waals surface area contributed by atoms with Crippen LogP contribution in [0.15, 0.2) is 53.0 Å². The molecule has 1 atom stereocenters. The van der Waals surface area contributed by atoms with Crippen molar-refractivity contribution in [3.8, 4) is 6.07 Å². The highest BCUT2D eigenvalue weighted by Crippen LogP contribution is 2.18. The van der Waals surface area contributed by atoms with E-state index in [1.54, 1.807) is 6.07 Å². The van der Waals surface area contributed by atoms with E-state index in [0.29, 0.717) is 5.56 Å². The fraction of sp³-hybridized carbons (Fsp3) is 0.125. The van der Waals surface area contributed by atoms with Crippen molar-refractivity contribution in [1.29, 1.82) is 5.26 Å². The minimum absolute atomic E-state index is 0.251. The van der Waals surface area contributed by atoms with Crippen LogP contribution in [0.1, 0.15) is 27.5 Å². The van der Waals surface area contributed by atoms with Gasteiger partial charge in [0.2, 0.25) is 0 Å². The van der Waals surface area contributed by atoms with Gasteiger partial charge in [0, 0.05) is 10.0 Å². The van der Waals surface area contributed by atoms with E-state index in [2.05, 4.69) is 27.3 Å². The molecule has 0 aromatic heterocycles. The van der Waals surface area contributed by atoms with Crippen LogP contribution in [-0.2, 0) is 0 Å². The molecule has 20 heavy (non-hydrogen) atoms. The molecule has 0 aliphatic carbocycles. The Morgan fingerprint density at radius 3 is 2.60 bits per heavy atom. The van der Waals surface area contributed by atoms with Crippen molar-refractivity contribution in [3.63, 3.8) is 0 Å². The molecule has 2 aromatic carbocycles. The van der Waals surface area contributed by atoms with Crippen LogP contribution >= 0.6 is 15.9 Å². The fourth-order valence-corrected chi connectivity index (χ4v) is 2.24. The Bertz CT molecular complexity index is 662. The summed E-state index contributed by atoms with van der Waals surface area (Å²) in [6.45, 7) is 1.87. The summed E-state index contributed by atoms with van der Waals surface area (Å²) in [5.41, 5.74) is 2.21. The van der Waals surface area contributed by atoms with Crippen molar-refractivity contribution in [2.45, 2.75) is 13.0 Å².